The Balaban J connectivity index is 2.08. The van der Waals surface area contributed by atoms with Crippen molar-refractivity contribution in [3.63, 3.8) is 0 Å². The minimum Gasteiger partial charge on any atom is -0.494 e. The summed E-state index contributed by atoms with van der Waals surface area (Å²) in [6.45, 7) is 9.82. The standard InChI is InChI=1S/C17H24N4O/c1-5-22-15-8-6-14(7-9-15)20-17-19-13(4)10-16(21-17)18-11-12(2)3/h6-10,12H,5,11H2,1-4H3,(H2,18,19,20,21). The van der Waals surface area contributed by atoms with Gasteiger partial charge in [-0.25, -0.2) is 4.98 Å². The first kappa shape index (κ1) is 16.1. The molecular formula is C17H24N4O. The maximum absolute atomic E-state index is 5.43. The molecule has 0 aliphatic carbocycles. The van der Waals surface area contributed by atoms with Gasteiger partial charge in [-0.2, -0.15) is 4.98 Å². The van der Waals surface area contributed by atoms with Crippen LogP contribution in [-0.2, 0) is 0 Å². The largest absolute Gasteiger partial charge is 0.494 e. The topological polar surface area (TPSA) is 59.1 Å². The molecule has 0 radical (unpaired) electrons. The highest BCUT2D eigenvalue weighted by Gasteiger charge is 2.04. The highest BCUT2D eigenvalue weighted by molar-refractivity contribution is 5.56. The molecule has 2 rings (SSSR count). The summed E-state index contributed by atoms with van der Waals surface area (Å²) in [6.07, 6.45) is 0. The van der Waals surface area contributed by atoms with Crippen LogP contribution in [0.2, 0.25) is 0 Å². The van der Waals surface area contributed by atoms with E-state index in [2.05, 4.69) is 34.4 Å². The molecule has 0 aliphatic rings. The maximum Gasteiger partial charge on any atom is 0.229 e. The van der Waals surface area contributed by atoms with Gasteiger partial charge in [0.15, 0.2) is 0 Å². The molecule has 0 spiro atoms. The highest BCUT2D eigenvalue weighted by Crippen LogP contribution is 2.19. The van der Waals surface area contributed by atoms with Crippen molar-refractivity contribution >= 4 is 17.5 Å². The molecular weight excluding hydrogens is 276 g/mol. The van der Waals surface area contributed by atoms with Gasteiger partial charge in [-0.15, -0.1) is 0 Å². The van der Waals surface area contributed by atoms with Crippen LogP contribution in [0.3, 0.4) is 0 Å². The minimum atomic E-state index is 0.567. The summed E-state index contributed by atoms with van der Waals surface area (Å²) in [4.78, 5) is 8.92. The van der Waals surface area contributed by atoms with Gasteiger partial charge in [0.05, 0.1) is 6.61 Å². The molecule has 0 amide bonds. The lowest BCUT2D eigenvalue weighted by Gasteiger charge is -2.11. The van der Waals surface area contributed by atoms with Crippen molar-refractivity contribution in [3.8, 4) is 5.75 Å². The molecule has 5 heteroatoms. The number of nitrogens with one attached hydrogen (secondary N) is 2. The van der Waals surface area contributed by atoms with Crippen LogP contribution in [0.25, 0.3) is 0 Å². The van der Waals surface area contributed by atoms with Crippen molar-refractivity contribution in [2.24, 2.45) is 5.92 Å². The van der Waals surface area contributed by atoms with Crippen LogP contribution in [0.15, 0.2) is 30.3 Å². The summed E-state index contributed by atoms with van der Waals surface area (Å²) < 4.78 is 5.43. The van der Waals surface area contributed by atoms with Crippen molar-refractivity contribution < 1.29 is 4.74 Å². The molecule has 1 aromatic carbocycles. The van der Waals surface area contributed by atoms with E-state index in [4.69, 9.17) is 4.74 Å². The predicted octanol–water partition coefficient (Wildman–Crippen LogP) is 4.00. The summed E-state index contributed by atoms with van der Waals surface area (Å²) in [7, 11) is 0. The van der Waals surface area contributed by atoms with Gasteiger partial charge in [-0.05, 0) is 44.0 Å². The lowest BCUT2D eigenvalue weighted by atomic mass is 10.2. The van der Waals surface area contributed by atoms with Crippen LogP contribution in [0.4, 0.5) is 17.5 Å². The zero-order valence-corrected chi connectivity index (χ0v) is 13.7. The van der Waals surface area contributed by atoms with Gasteiger partial charge in [0.2, 0.25) is 5.95 Å². The summed E-state index contributed by atoms with van der Waals surface area (Å²) >= 11 is 0. The highest BCUT2D eigenvalue weighted by atomic mass is 16.5. The van der Waals surface area contributed by atoms with E-state index in [1.807, 2.05) is 44.2 Å². The van der Waals surface area contributed by atoms with E-state index in [9.17, 15) is 0 Å². The van der Waals surface area contributed by atoms with Crippen LogP contribution in [0.5, 0.6) is 5.75 Å². The molecule has 1 aromatic heterocycles. The van der Waals surface area contributed by atoms with Crippen LogP contribution in [0, 0.1) is 12.8 Å². The molecule has 2 N–H and O–H groups in total. The Morgan fingerprint density at radius 3 is 2.50 bits per heavy atom. The van der Waals surface area contributed by atoms with Crippen LogP contribution in [-0.4, -0.2) is 23.1 Å². The van der Waals surface area contributed by atoms with Gasteiger partial charge in [0.25, 0.3) is 0 Å². The Labute approximate surface area is 132 Å². The lowest BCUT2D eigenvalue weighted by Crippen LogP contribution is -2.10. The first-order valence-electron chi connectivity index (χ1n) is 7.66. The molecule has 0 saturated heterocycles. The van der Waals surface area contributed by atoms with E-state index in [-0.39, 0.29) is 0 Å². The first-order valence-corrected chi connectivity index (χ1v) is 7.66. The Hall–Kier alpha value is -2.30. The number of hydrogen-bond acceptors (Lipinski definition) is 5. The van der Waals surface area contributed by atoms with E-state index in [0.717, 1.165) is 29.5 Å². The van der Waals surface area contributed by atoms with Crippen molar-refractivity contribution in [2.75, 3.05) is 23.8 Å². The van der Waals surface area contributed by atoms with Gasteiger partial charge >= 0.3 is 0 Å². The van der Waals surface area contributed by atoms with Crippen molar-refractivity contribution in [2.45, 2.75) is 27.7 Å². The van der Waals surface area contributed by atoms with E-state index < -0.39 is 0 Å². The SMILES string of the molecule is CCOc1ccc(Nc2nc(C)cc(NCC(C)C)n2)cc1. The van der Waals surface area contributed by atoms with Crippen LogP contribution in [0.1, 0.15) is 26.5 Å². The molecule has 0 aliphatic heterocycles. The van der Waals surface area contributed by atoms with Crippen LogP contribution < -0.4 is 15.4 Å². The normalized spacial score (nSPS) is 10.6. The molecule has 5 nitrogen and oxygen atoms in total. The molecule has 0 fully saturated rings. The number of benzene rings is 1. The monoisotopic (exact) mass is 300 g/mol. The van der Waals surface area contributed by atoms with Gasteiger partial charge in [0, 0.05) is 24.0 Å². The quantitative estimate of drug-likeness (QED) is 0.809. The number of anilines is 3. The molecule has 0 bridgehead atoms. The fourth-order valence-electron chi connectivity index (χ4n) is 1.95. The Kier molecular flexibility index (Phi) is 5.58. The molecule has 22 heavy (non-hydrogen) atoms. The smallest absolute Gasteiger partial charge is 0.229 e. The molecule has 0 atom stereocenters. The lowest BCUT2D eigenvalue weighted by molar-refractivity contribution is 0.340. The zero-order chi connectivity index (χ0) is 15.9. The number of aromatic nitrogens is 2. The molecule has 0 unspecified atom stereocenters. The van der Waals surface area contributed by atoms with Crippen molar-refractivity contribution in [1.29, 1.82) is 0 Å². The van der Waals surface area contributed by atoms with E-state index >= 15 is 0 Å². The third-order valence-corrected chi connectivity index (χ3v) is 2.97. The maximum atomic E-state index is 5.43. The Morgan fingerprint density at radius 2 is 1.86 bits per heavy atom. The second-order valence-electron chi connectivity index (χ2n) is 5.58. The Morgan fingerprint density at radius 1 is 1.14 bits per heavy atom. The summed E-state index contributed by atoms with van der Waals surface area (Å²) in [5.74, 6) is 2.86. The van der Waals surface area contributed by atoms with E-state index in [0.29, 0.717) is 18.5 Å². The summed E-state index contributed by atoms with van der Waals surface area (Å²) in [5, 5.41) is 6.55. The van der Waals surface area contributed by atoms with Crippen molar-refractivity contribution in [3.05, 3.63) is 36.0 Å². The van der Waals surface area contributed by atoms with E-state index in [1.165, 1.54) is 0 Å². The number of rotatable bonds is 7. The molecule has 0 saturated carbocycles. The average molecular weight is 300 g/mol. The third-order valence-electron chi connectivity index (χ3n) is 2.97. The molecule has 1 heterocycles. The van der Waals surface area contributed by atoms with E-state index in [1.54, 1.807) is 0 Å². The fraction of sp³-hybridized carbons (Fsp3) is 0.412. The molecule has 118 valence electrons. The summed E-state index contributed by atoms with van der Waals surface area (Å²) in [5.41, 5.74) is 1.86. The van der Waals surface area contributed by atoms with Gasteiger partial charge < -0.3 is 15.4 Å². The second kappa shape index (κ2) is 7.64. The van der Waals surface area contributed by atoms with Gasteiger partial charge in [-0.1, -0.05) is 13.8 Å². The number of ether oxygens (including phenoxy) is 1. The first-order chi connectivity index (χ1) is 10.6. The Bertz CT molecular complexity index is 596. The van der Waals surface area contributed by atoms with Gasteiger partial charge in [0.1, 0.15) is 11.6 Å². The van der Waals surface area contributed by atoms with Crippen molar-refractivity contribution in [1.82, 2.24) is 9.97 Å². The molecule has 2 aromatic rings. The predicted molar refractivity (Wildman–Crippen MR) is 91.0 cm³/mol. The minimum absolute atomic E-state index is 0.567. The zero-order valence-electron chi connectivity index (χ0n) is 13.7. The number of hydrogen-bond donors (Lipinski definition) is 2. The number of nitrogens with zero attached hydrogens (tertiary/aromatic N) is 2. The fourth-order valence-corrected chi connectivity index (χ4v) is 1.95. The third kappa shape index (κ3) is 4.91. The summed E-state index contributed by atoms with van der Waals surface area (Å²) in [6, 6.07) is 9.72. The number of aryl methyl sites for hydroxylation is 1. The average Bonchev–Trinajstić information content (AvgIpc) is 2.47. The van der Waals surface area contributed by atoms with Gasteiger partial charge in [-0.3, -0.25) is 0 Å². The van der Waals surface area contributed by atoms with Crippen LogP contribution >= 0.6 is 0 Å². The second-order valence-corrected chi connectivity index (χ2v) is 5.58.